The summed E-state index contributed by atoms with van der Waals surface area (Å²) in [5.41, 5.74) is 2.68. The Morgan fingerprint density at radius 3 is 2.61 bits per heavy atom. The minimum atomic E-state index is -0.479. The SMILES string of the molecule is Cc1ccc(C(CC(=O)OC(C)C)NC(=O)CCc2nc(-c3cccnc3)no2)cc1. The minimum absolute atomic E-state index is 0.0543. The van der Waals surface area contributed by atoms with E-state index >= 15 is 0 Å². The number of carbonyl (C=O) groups is 2. The molecule has 1 aromatic carbocycles. The quantitative estimate of drug-likeness (QED) is 0.525. The fourth-order valence-corrected chi connectivity index (χ4v) is 2.98. The second kappa shape index (κ2) is 10.5. The highest BCUT2D eigenvalue weighted by atomic mass is 16.5. The topological polar surface area (TPSA) is 107 Å². The molecule has 1 N–H and O–H groups in total. The van der Waals surface area contributed by atoms with Crippen LogP contribution in [0.2, 0.25) is 0 Å². The molecule has 8 heteroatoms. The number of esters is 1. The van der Waals surface area contributed by atoms with E-state index in [2.05, 4.69) is 20.4 Å². The average molecular weight is 422 g/mol. The molecular formula is C23H26N4O4. The van der Waals surface area contributed by atoms with Gasteiger partial charge in [-0.3, -0.25) is 14.6 Å². The molecule has 3 rings (SSSR count). The molecule has 31 heavy (non-hydrogen) atoms. The molecule has 8 nitrogen and oxygen atoms in total. The van der Waals surface area contributed by atoms with E-state index in [0.29, 0.717) is 11.7 Å². The fraction of sp³-hybridized carbons (Fsp3) is 0.348. The summed E-state index contributed by atoms with van der Waals surface area (Å²) >= 11 is 0. The summed E-state index contributed by atoms with van der Waals surface area (Å²) in [5.74, 6) is 0.209. The molecule has 1 amide bonds. The number of aromatic nitrogens is 3. The summed E-state index contributed by atoms with van der Waals surface area (Å²) in [7, 11) is 0. The van der Waals surface area contributed by atoms with Crippen LogP contribution in [0.5, 0.6) is 0 Å². The van der Waals surface area contributed by atoms with Crippen molar-refractivity contribution in [2.75, 3.05) is 0 Å². The molecule has 0 spiro atoms. The van der Waals surface area contributed by atoms with Crippen molar-refractivity contribution in [3.05, 3.63) is 65.8 Å². The first-order chi connectivity index (χ1) is 14.9. The zero-order valence-electron chi connectivity index (χ0n) is 17.9. The lowest BCUT2D eigenvalue weighted by molar-refractivity contribution is -0.148. The predicted molar refractivity (Wildman–Crippen MR) is 114 cm³/mol. The largest absolute Gasteiger partial charge is 0.463 e. The first-order valence-electron chi connectivity index (χ1n) is 10.2. The van der Waals surface area contributed by atoms with Crippen LogP contribution < -0.4 is 5.32 Å². The van der Waals surface area contributed by atoms with E-state index in [1.807, 2.05) is 37.3 Å². The van der Waals surface area contributed by atoms with E-state index < -0.39 is 6.04 Å². The summed E-state index contributed by atoms with van der Waals surface area (Å²) in [5, 5.41) is 6.86. The molecule has 2 aromatic heterocycles. The van der Waals surface area contributed by atoms with Crippen LogP contribution in [0.3, 0.4) is 0 Å². The lowest BCUT2D eigenvalue weighted by Gasteiger charge is -2.19. The fourth-order valence-electron chi connectivity index (χ4n) is 2.98. The lowest BCUT2D eigenvalue weighted by atomic mass is 10.0. The van der Waals surface area contributed by atoms with E-state index in [-0.39, 0.29) is 37.2 Å². The summed E-state index contributed by atoms with van der Waals surface area (Å²) in [6.07, 6.45) is 3.58. The van der Waals surface area contributed by atoms with E-state index in [1.165, 1.54) is 0 Å². The maximum absolute atomic E-state index is 12.6. The molecule has 0 bridgehead atoms. The zero-order valence-corrected chi connectivity index (χ0v) is 17.9. The van der Waals surface area contributed by atoms with Crippen molar-refractivity contribution in [1.82, 2.24) is 20.4 Å². The van der Waals surface area contributed by atoms with Gasteiger partial charge in [0, 0.05) is 30.8 Å². The van der Waals surface area contributed by atoms with Gasteiger partial charge < -0.3 is 14.6 Å². The molecule has 2 heterocycles. The normalized spacial score (nSPS) is 11.9. The second-order valence-electron chi connectivity index (χ2n) is 7.53. The summed E-state index contributed by atoms with van der Waals surface area (Å²) in [6.45, 7) is 5.57. The molecule has 0 fully saturated rings. The van der Waals surface area contributed by atoms with Crippen molar-refractivity contribution in [1.29, 1.82) is 0 Å². The Labute approximate surface area is 181 Å². The van der Waals surface area contributed by atoms with Gasteiger partial charge >= 0.3 is 5.97 Å². The zero-order chi connectivity index (χ0) is 22.2. The molecule has 1 unspecified atom stereocenters. The second-order valence-corrected chi connectivity index (χ2v) is 7.53. The average Bonchev–Trinajstić information content (AvgIpc) is 3.21. The van der Waals surface area contributed by atoms with E-state index in [1.54, 1.807) is 32.3 Å². The lowest BCUT2D eigenvalue weighted by Crippen LogP contribution is -2.31. The van der Waals surface area contributed by atoms with Gasteiger partial charge in [0.1, 0.15) is 0 Å². The standard InChI is InChI=1S/C23H26N4O4/c1-15(2)30-22(29)13-19(17-8-6-16(3)7-9-17)25-20(28)10-11-21-26-23(27-31-21)18-5-4-12-24-14-18/h4-9,12,14-15,19H,10-11,13H2,1-3H3,(H,25,28). The maximum atomic E-state index is 12.6. The van der Waals surface area contributed by atoms with Crippen molar-refractivity contribution < 1.29 is 18.8 Å². The Balaban J connectivity index is 1.61. The minimum Gasteiger partial charge on any atom is -0.463 e. The molecule has 0 aliphatic rings. The van der Waals surface area contributed by atoms with E-state index in [4.69, 9.17) is 9.26 Å². The third-order valence-electron chi connectivity index (χ3n) is 4.51. The number of hydrogen-bond acceptors (Lipinski definition) is 7. The van der Waals surface area contributed by atoms with E-state index in [0.717, 1.165) is 16.7 Å². The van der Waals surface area contributed by atoms with E-state index in [9.17, 15) is 9.59 Å². The van der Waals surface area contributed by atoms with Gasteiger partial charge in [-0.2, -0.15) is 4.98 Å². The number of nitrogens with one attached hydrogen (secondary N) is 1. The highest BCUT2D eigenvalue weighted by Crippen LogP contribution is 2.20. The van der Waals surface area contributed by atoms with Crippen LogP contribution in [0.15, 0.2) is 53.3 Å². The first-order valence-corrected chi connectivity index (χ1v) is 10.2. The smallest absolute Gasteiger partial charge is 0.308 e. The molecule has 0 aliphatic carbocycles. The van der Waals surface area contributed by atoms with Crippen LogP contribution in [0.25, 0.3) is 11.4 Å². The Morgan fingerprint density at radius 1 is 1.16 bits per heavy atom. The van der Waals surface area contributed by atoms with Crippen molar-refractivity contribution in [2.24, 2.45) is 0 Å². The van der Waals surface area contributed by atoms with Gasteiger partial charge in [-0.05, 0) is 38.5 Å². The molecular weight excluding hydrogens is 396 g/mol. The summed E-state index contributed by atoms with van der Waals surface area (Å²) < 4.78 is 10.5. The number of pyridine rings is 1. The van der Waals surface area contributed by atoms with Crippen LogP contribution in [0, 0.1) is 6.92 Å². The number of amides is 1. The third-order valence-corrected chi connectivity index (χ3v) is 4.51. The van der Waals surface area contributed by atoms with Gasteiger partial charge in [-0.15, -0.1) is 0 Å². The van der Waals surface area contributed by atoms with Crippen LogP contribution in [-0.4, -0.2) is 33.1 Å². The summed E-state index contributed by atoms with van der Waals surface area (Å²) in [6, 6.07) is 10.8. The van der Waals surface area contributed by atoms with Gasteiger partial charge in [-0.1, -0.05) is 35.0 Å². The summed E-state index contributed by atoms with van der Waals surface area (Å²) in [4.78, 5) is 33.1. The van der Waals surface area contributed by atoms with Gasteiger partial charge in [0.25, 0.3) is 0 Å². The van der Waals surface area contributed by atoms with Crippen LogP contribution in [0.4, 0.5) is 0 Å². The van der Waals surface area contributed by atoms with Crippen LogP contribution in [0.1, 0.15) is 49.7 Å². The maximum Gasteiger partial charge on any atom is 0.308 e. The Kier molecular flexibility index (Phi) is 7.48. The van der Waals surface area contributed by atoms with Crippen LogP contribution in [-0.2, 0) is 20.7 Å². The Morgan fingerprint density at radius 2 is 1.94 bits per heavy atom. The monoisotopic (exact) mass is 422 g/mol. The molecule has 0 saturated carbocycles. The number of benzene rings is 1. The molecule has 162 valence electrons. The molecule has 0 radical (unpaired) electrons. The predicted octanol–water partition coefficient (Wildman–Crippen LogP) is 3.57. The Bertz CT molecular complexity index is 1000. The highest BCUT2D eigenvalue weighted by Gasteiger charge is 2.20. The van der Waals surface area contributed by atoms with Crippen molar-refractivity contribution in [3.8, 4) is 11.4 Å². The first kappa shape index (κ1) is 22.1. The number of aryl methyl sites for hydroxylation is 2. The van der Waals surface area contributed by atoms with Crippen LogP contribution >= 0.6 is 0 Å². The van der Waals surface area contributed by atoms with Crippen molar-refractivity contribution >= 4 is 11.9 Å². The van der Waals surface area contributed by atoms with Crippen molar-refractivity contribution in [3.63, 3.8) is 0 Å². The number of nitrogens with zero attached hydrogens (tertiary/aromatic N) is 3. The van der Waals surface area contributed by atoms with Crippen molar-refractivity contribution in [2.45, 2.75) is 52.2 Å². The number of ether oxygens (including phenoxy) is 1. The highest BCUT2D eigenvalue weighted by molar-refractivity contribution is 5.78. The molecule has 3 aromatic rings. The van der Waals surface area contributed by atoms with Gasteiger partial charge in [0.05, 0.1) is 18.6 Å². The van der Waals surface area contributed by atoms with Gasteiger partial charge in [0.2, 0.25) is 17.6 Å². The Hall–Kier alpha value is -3.55. The molecule has 0 saturated heterocycles. The molecule has 0 aliphatic heterocycles. The van der Waals surface area contributed by atoms with Gasteiger partial charge in [-0.25, -0.2) is 0 Å². The number of rotatable bonds is 9. The van der Waals surface area contributed by atoms with Gasteiger partial charge in [0.15, 0.2) is 0 Å². The number of hydrogen-bond donors (Lipinski definition) is 1. The third kappa shape index (κ3) is 6.74. The number of carbonyl (C=O) groups excluding carboxylic acids is 2. The molecule has 1 atom stereocenters.